The number of rotatable bonds is 8. The van der Waals surface area contributed by atoms with Crippen LogP contribution in [0.2, 0.25) is 0 Å². The fourth-order valence-corrected chi connectivity index (χ4v) is 4.63. The summed E-state index contributed by atoms with van der Waals surface area (Å²) in [4.78, 5) is 23.7. The molecular weight excluding hydrogens is 363 g/mol. The van der Waals surface area contributed by atoms with Gasteiger partial charge in [0.25, 0.3) is 0 Å². The number of carbonyl (C=O) groups excluding carboxylic acids is 1. The van der Waals surface area contributed by atoms with E-state index in [4.69, 9.17) is 9.47 Å². The number of hydrogen-bond acceptors (Lipinski definition) is 4. The number of carbonyl (C=O) groups is 2. The average Bonchev–Trinajstić information content (AvgIpc) is 2.95. The van der Waals surface area contributed by atoms with E-state index < -0.39 is 11.9 Å². The van der Waals surface area contributed by atoms with Crippen LogP contribution in [0.4, 0.5) is 0 Å². The minimum absolute atomic E-state index is 0.0685. The van der Waals surface area contributed by atoms with E-state index in [2.05, 4.69) is 0 Å². The van der Waals surface area contributed by atoms with Gasteiger partial charge in [0.2, 0.25) is 0 Å². The summed E-state index contributed by atoms with van der Waals surface area (Å²) in [6.07, 6.45) is 1.35. The normalized spacial score (nSPS) is 12.1. The van der Waals surface area contributed by atoms with Crippen LogP contribution in [0, 0.1) is 5.92 Å². The fraction of sp³-hybridized carbons (Fsp3) is 0.412. The van der Waals surface area contributed by atoms with Gasteiger partial charge in [-0.05, 0) is 0 Å². The number of carboxylic acid groups (broad SMARTS) is 1. The summed E-state index contributed by atoms with van der Waals surface area (Å²) in [7, 11) is 3.15. The molecule has 0 radical (unpaired) electrons. The molecule has 1 N–H and O–H groups in total. The third-order valence-electron chi connectivity index (χ3n) is 3.72. The summed E-state index contributed by atoms with van der Waals surface area (Å²) in [5.74, 6) is -0.296. The Hall–Kier alpha value is -1.78. The third kappa shape index (κ3) is 3.95. The number of methoxy groups -OCH3 is 2. The Balaban J connectivity index is 2.29. The Morgan fingerprint density at radius 3 is 2.39 bits per heavy atom. The molecule has 0 fully saturated rings. The number of Topliss-reactive ketones (excluding diaryl/α,β-unsaturated/α-hetero) is 1. The van der Waals surface area contributed by atoms with Crippen LogP contribution in [-0.2, 0) is 4.79 Å². The second kappa shape index (κ2) is 7.66. The van der Waals surface area contributed by atoms with E-state index in [0.29, 0.717) is 22.4 Å². The SMILES string of the molecule is CCCC(CC(=O)c1cc2cc(OC)c(OC)cc2[se]1)C(=O)O. The van der Waals surface area contributed by atoms with Crippen LogP contribution < -0.4 is 9.47 Å². The maximum absolute atomic E-state index is 12.4. The average molecular weight is 383 g/mol. The monoisotopic (exact) mass is 384 g/mol. The van der Waals surface area contributed by atoms with Gasteiger partial charge >= 0.3 is 141 Å². The summed E-state index contributed by atoms with van der Waals surface area (Å²) >= 11 is -0.124. The molecule has 2 rings (SSSR count). The standard InChI is InChI=1S/C17H20O5Se/c1-4-5-10(17(19)20)6-12(18)16-8-11-7-13(21-2)14(22-3)9-15(11)23-16/h7-10H,4-6H2,1-3H3,(H,19,20). The number of aliphatic carboxylic acids is 1. The van der Waals surface area contributed by atoms with E-state index >= 15 is 0 Å². The van der Waals surface area contributed by atoms with Crippen LogP contribution in [-0.4, -0.2) is 45.6 Å². The first-order valence-corrected chi connectivity index (χ1v) is 9.13. The number of ether oxygens (including phenoxy) is 2. The van der Waals surface area contributed by atoms with Crippen molar-refractivity contribution in [3.05, 3.63) is 22.6 Å². The predicted molar refractivity (Wildman–Crippen MR) is 89.0 cm³/mol. The number of hydrogen-bond donors (Lipinski definition) is 1. The van der Waals surface area contributed by atoms with Crippen molar-refractivity contribution >= 4 is 35.9 Å². The number of fused-ring (bicyclic) bond motifs is 1. The molecule has 23 heavy (non-hydrogen) atoms. The molecule has 1 aromatic carbocycles. The molecule has 0 saturated carbocycles. The van der Waals surface area contributed by atoms with Gasteiger partial charge in [0.05, 0.1) is 0 Å². The zero-order valence-electron chi connectivity index (χ0n) is 13.4. The molecule has 1 heterocycles. The van der Waals surface area contributed by atoms with Gasteiger partial charge in [0, 0.05) is 0 Å². The van der Waals surface area contributed by atoms with Gasteiger partial charge in [-0.1, -0.05) is 0 Å². The summed E-state index contributed by atoms with van der Waals surface area (Å²) in [6.45, 7) is 1.92. The van der Waals surface area contributed by atoms with Gasteiger partial charge in [-0.2, -0.15) is 0 Å². The van der Waals surface area contributed by atoms with E-state index in [0.717, 1.165) is 16.1 Å². The van der Waals surface area contributed by atoms with Crippen LogP contribution >= 0.6 is 0 Å². The summed E-state index contributed by atoms with van der Waals surface area (Å²) < 4.78 is 12.3. The molecule has 5 nitrogen and oxygen atoms in total. The van der Waals surface area contributed by atoms with E-state index in [9.17, 15) is 14.7 Å². The summed E-state index contributed by atoms with van der Waals surface area (Å²) in [5.41, 5.74) is 0. The van der Waals surface area contributed by atoms with Crippen molar-refractivity contribution < 1.29 is 24.2 Å². The number of ketones is 1. The molecular formula is C17H20O5Se. The first kappa shape index (κ1) is 17.6. The molecule has 6 heteroatoms. The third-order valence-corrected chi connectivity index (χ3v) is 6.10. The molecule has 1 aromatic heterocycles. The van der Waals surface area contributed by atoms with E-state index in [1.165, 1.54) is 0 Å². The minimum atomic E-state index is -0.896. The van der Waals surface area contributed by atoms with Crippen LogP contribution in [0.3, 0.4) is 0 Å². The van der Waals surface area contributed by atoms with Gasteiger partial charge in [-0.3, -0.25) is 0 Å². The second-order valence-corrected chi connectivity index (χ2v) is 7.58. The molecule has 0 aliphatic heterocycles. The van der Waals surface area contributed by atoms with Gasteiger partial charge in [0.15, 0.2) is 0 Å². The van der Waals surface area contributed by atoms with Gasteiger partial charge in [0.1, 0.15) is 0 Å². The van der Waals surface area contributed by atoms with Crippen molar-refractivity contribution in [2.24, 2.45) is 5.92 Å². The Morgan fingerprint density at radius 2 is 1.83 bits per heavy atom. The van der Waals surface area contributed by atoms with Crippen LogP contribution in [0.5, 0.6) is 11.5 Å². The number of benzene rings is 1. The fourth-order valence-electron chi connectivity index (χ4n) is 2.49. The van der Waals surface area contributed by atoms with E-state index in [1.807, 2.05) is 25.1 Å². The topological polar surface area (TPSA) is 72.8 Å². The second-order valence-electron chi connectivity index (χ2n) is 5.31. The van der Waals surface area contributed by atoms with Crippen molar-refractivity contribution in [2.45, 2.75) is 26.2 Å². The molecule has 0 saturated heterocycles. The molecule has 0 spiro atoms. The Labute approximate surface area is 140 Å². The molecule has 2 aromatic rings. The molecule has 0 bridgehead atoms. The van der Waals surface area contributed by atoms with E-state index in [1.54, 1.807) is 14.2 Å². The molecule has 1 unspecified atom stereocenters. The van der Waals surface area contributed by atoms with Gasteiger partial charge in [-0.25, -0.2) is 0 Å². The molecule has 1 atom stereocenters. The summed E-state index contributed by atoms with van der Waals surface area (Å²) in [6, 6.07) is 5.60. The van der Waals surface area contributed by atoms with Gasteiger partial charge in [-0.15, -0.1) is 0 Å². The Kier molecular flexibility index (Phi) is 5.85. The molecule has 0 aliphatic rings. The molecule has 0 aliphatic carbocycles. The Bertz CT molecular complexity index is 678. The number of carboxylic acids is 1. The zero-order valence-corrected chi connectivity index (χ0v) is 15.1. The van der Waals surface area contributed by atoms with Crippen molar-refractivity contribution in [3.63, 3.8) is 0 Å². The Morgan fingerprint density at radius 1 is 1.17 bits per heavy atom. The quantitative estimate of drug-likeness (QED) is 0.561. The van der Waals surface area contributed by atoms with Gasteiger partial charge < -0.3 is 0 Å². The summed E-state index contributed by atoms with van der Waals surface area (Å²) in [5, 5.41) is 10.2. The molecule has 0 amide bonds. The van der Waals surface area contributed by atoms with Crippen molar-refractivity contribution in [2.75, 3.05) is 14.2 Å². The van der Waals surface area contributed by atoms with E-state index in [-0.39, 0.29) is 26.7 Å². The zero-order chi connectivity index (χ0) is 17.0. The first-order chi connectivity index (χ1) is 11.0. The van der Waals surface area contributed by atoms with Crippen LogP contribution in [0.15, 0.2) is 18.2 Å². The first-order valence-electron chi connectivity index (χ1n) is 7.41. The van der Waals surface area contributed by atoms with Crippen molar-refractivity contribution in [1.29, 1.82) is 0 Å². The van der Waals surface area contributed by atoms with Crippen LogP contribution in [0.25, 0.3) is 9.65 Å². The van der Waals surface area contributed by atoms with Crippen LogP contribution in [0.1, 0.15) is 35.4 Å². The predicted octanol–water partition coefficient (Wildman–Crippen LogP) is 2.99. The molecule has 124 valence electrons. The van der Waals surface area contributed by atoms with Crippen molar-refractivity contribution in [3.8, 4) is 11.5 Å². The van der Waals surface area contributed by atoms with Crippen molar-refractivity contribution in [1.82, 2.24) is 0 Å². The maximum atomic E-state index is 12.4.